The number of nitrogens with zero attached hydrogens (tertiary/aromatic N) is 5. The number of carbonyl (C=O) groups excluding carboxylic acids is 1. The molecule has 1 fully saturated rings. The van der Waals surface area contributed by atoms with Crippen molar-refractivity contribution in [1.29, 1.82) is 0 Å². The van der Waals surface area contributed by atoms with Gasteiger partial charge in [-0.1, -0.05) is 13.3 Å². The van der Waals surface area contributed by atoms with Gasteiger partial charge in [-0.2, -0.15) is 0 Å². The first-order valence-electron chi connectivity index (χ1n) is 9.59. The number of halogens is 2. The highest BCUT2D eigenvalue weighted by molar-refractivity contribution is 6.02. The second-order valence-electron chi connectivity index (χ2n) is 7.48. The lowest BCUT2D eigenvalue weighted by molar-refractivity contribution is 0.102. The molecule has 1 N–H and O–H groups in total. The van der Waals surface area contributed by atoms with E-state index in [0.29, 0.717) is 30.9 Å². The lowest BCUT2D eigenvalue weighted by atomic mass is 10.00. The van der Waals surface area contributed by atoms with Crippen LogP contribution in [0.1, 0.15) is 42.4 Å². The Labute approximate surface area is 166 Å². The van der Waals surface area contributed by atoms with Crippen molar-refractivity contribution in [3.05, 3.63) is 48.1 Å². The maximum Gasteiger partial charge on any atom is 0.275 e. The number of amides is 1. The highest BCUT2D eigenvalue weighted by atomic mass is 19.1. The second kappa shape index (κ2) is 7.38. The van der Waals surface area contributed by atoms with Crippen LogP contribution in [-0.4, -0.2) is 44.0 Å². The van der Waals surface area contributed by atoms with Crippen LogP contribution in [0, 0.1) is 12.7 Å². The van der Waals surface area contributed by atoms with E-state index in [0.717, 1.165) is 6.42 Å². The number of pyridine rings is 1. The second-order valence-corrected chi connectivity index (χ2v) is 7.48. The predicted molar refractivity (Wildman–Crippen MR) is 105 cm³/mol. The van der Waals surface area contributed by atoms with E-state index in [2.05, 4.69) is 20.3 Å². The van der Waals surface area contributed by atoms with Crippen LogP contribution in [-0.2, 0) is 0 Å². The average Bonchev–Trinajstić information content (AvgIpc) is 3.25. The molecule has 0 bridgehead atoms. The highest BCUT2D eigenvalue weighted by Gasteiger charge is 2.38. The third-order valence-corrected chi connectivity index (χ3v) is 5.08. The Morgan fingerprint density at radius 2 is 2.14 bits per heavy atom. The van der Waals surface area contributed by atoms with Crippen molar-refractivity contribution >= 4 is 23.1 Å². The van der Waals surface area contributed by atoms with Crippen LogP contribution >= 0.6 is 0 Å². The average molecular weight is 400 g/mol. The van der Waals surface area contributed by atoms with E-state index in [1.807, 2.05) is 11.8 Å². The van der Waals surface area contributed by atoms with E-state index in [1.165, 1.54) is 22.9 Å². The first-order valence-corrected chi connectivity index (χ1v) is 9.59. The van der Waals surface area contributed by atoms with Crippen LogP contribution in [0.5, 0.6) is 0 Å². The molecule has 0 aromatic carbocycles. The Balaban J connectivity index is 1.46. The summed E-state index contributed by atoms with van der Waals surface area (Å²) in [6, 6.07) is 1.21. The first-order chi connectivity index (χ1) is 13.9. The van der Waals surface area contributed by atoms with E-state index in [1.54, 1.807) is 19.3 Å². The number of hydrogen-bond donors (Lipinski definition) is 1. The van der Waals surface area contributed by atoms with Gasteiger partial charge in [0.15, 0.2) is 11.5 Å². The van der Waals surface area contributed by atoms with Crippen molar-refractivity contribution in [1.82, 2.24) is 19.4 Å². The molecule has 1 saturated heterocycles. The SMILES string of the molecule is CCCC1(F)CCN(c2cnc(C(=O)Nc3cc(F)c4nc(C)cn4c3)cn2)C1. The van der Waals surface area contributed by atoms with Crippen molar-refractivity contribution in [3.8, 4) is 0 Å². The number of nitrogens with one attached hydrogen (secondary N) is 1. The number of fused-ring (bicyclic) bond motifs is 1. The zero-order valence-corrected chi connectivity index (χ0v) is 16.3. The van der Waals surface area contributed by atoms with Gasteiger partial charge in [0.1, 0.15) is 17.2 Å². The standard InChI is InChI=1S/C20H22F2N6O/c1-3-4-20(22)5-6-27(12-20)17-9-23-16(8-24-17)19(29)26-14-7-15(21)18-25-13(2)10-28(18)11-14/h7-11H,3-6,12H2,1-2H3,(H,26,29). The number of imidazole rings is 1. The van der Waals surface area contributed by atoms with Gasteiger partial charge < -0.3 is 14.6 Å². The molecule has 0 saturated carbocycles. The molecule has 3 aromatic heterocycles. The van der Waals surface area contributed by atoms with Gasteiger partial charge in [0.25, 0.3) is 5.91 Å². The van der Waals surface area contributed by atoms with Crippen LogP contribution in [0.15, 0.2) is 30.9 Å². The van der Waals surface area contributed by atoms with Crippen molar-refractivity contribution in [2.75, 3.05) is 23.3 Å². The van der Waals surface area contributed by atoms with Crippen molar-refractivity contribution in [2.45, 2.75) is 38.8 Å². The van der Waals surface area contributed by atoms with E-state index in [-0.39, 0.29) is 23.6 Å². The minimum Gasteiger partial charge on any atom is -0.352 e. The lowest BCUT2D eigenvalue weighted by Crippen LogP contribution is -2.29. The van der Waals surface area contributed by atoms with E-state index >= 15 is 0 Å². The molecule has 29 heavy (non-hydrogen) atoms. The van der Waals surface area contributed by atoms with Crippen LogP contribution in [0.25, 0.3) is 5.65 Å². The van der Waals surface area contributed by atoms with Gasteiger partial charge in [-0.15, -0.1) is 0 Å². The van der Waals surface area contributed by atoms with Crippen LogP contribution in [0.3, 0.4) is 0 Å². The van der Waals surface area contributed by atoms with Gasteiger partial charge in [0.05, 0.1) is 30.3 Å². The summed E-state index contributed by atoms with van der Waals surface area (Å²) in [5.41, 5.74) is 0.0510. The molecule has 4 rings (SSSR count). The van der Waals surface area contributed by atoms with Gasteiger partial charge >= 0.3 is 0 Å². The Bertz CT molecular complexity index is 1050. The monoisotopic (exact) mass is 400 g/mol. The summed E-state index contributed by atoms with van der Waals surface area (Å²) in [5, 5.41) is 2.62. The van der Waals surface area contributed by atoms with Gasteiger partial charge in [-0.3, -0.25) is 4.79 Å². The molecule has 0 radical (unpaired) electrons. The summed E-state index contributed by atoms with van der Waals surface area (Å²) >= 11 is 0. The molecule has 0 aliphatic carbocycles. The number of alkyl halides is 1. The number of aromatic nitrogens is 4. The number of aryl methyl sites for hydroxylation is 1. The number of carbonyl (C=O) groups is 1. The molecule has 3 aromatic rings. The topological polar surface area (TPSA) is 75.4 Å². The fraction of sp³-hybridized carbons (Fsp3) is 0.400. The molecule has 1 amide bonds. The van der Waals surface area contributed by atoms with Crippen LogP contribution in [0.2, 0.25) is 0 Å². The van der Waals surface area contributed by atoms with E-state index < -0.39 is 17.4 Å². The Morgan fingerprint density at radius 1 is 1.31 bits per heavy atom. The quantitative estimate of drug-likeness (QED) is 0.709. The molecule has 4 heterocycles. The molecular formula is C20H22F2N6O. The maximum atomic E-state index is 14.7. The largest absolute Gasteiger partial charge is 0.352 e. The molecule has 1 atom stereocenters. The first kappa shape index (κ1) is 19.2. The van der Waals surface area contributed by atoms with E-state index in [4.69, 9.17) is 0 Å². The smallest absolute Gasteiger partial charge is 0.275 e. The summed E-state index contributed by atoms with van der Waals surface area (Å²) in [6.07, 6.45) is 7.84. The van der Waals surface area contributed by atoms with Gasteiger partial charge in [-0.05, 0) is 13.3 Å². The summed E-state index contributed by atoms with van der Waals surface area (Å²) in [4.78, 5) is 26.8. The van der Waals surface area contributed by atoms with Crippen molar-refractivity contribution < 1.29 is 13.6 Å². The normalized spacial score (nSPS) is 19.1. The predicted octanol–water partition coefficient (Wildman–Crippen LogP) is 3.54. The van der Waals surface area contributed by atoms with Gasteiger partial charge in [0.2, 0.25) is 0 Å². The summed E-state index contributed by atoms with van der Waals surface area (Å²) in [6.45, 7) is 4.58. The molecular weight excluding hydrogens is 378 g/mol. The molecule has 1 aliphatic heterocycles. The molecule has 0 spiro atoms. The number of rotatable bonds is 5. The number of hydrogen-bond acceptors (Lipinski definition) is 5. The lowest BCUT2D eigenvalue weighted by Gasteiger charge is -2.20. The molecule has 1 aliphatic rings. The van der Waals surface area contributed by atoms with Gasteiger partial charge in [0, 0.05) is 31.4 Å². The zero-order valence-electron chi connectivity index (χ0n) is 16.3. The van der Waals surface area contributed by atoms with Crippen LogP contribution in [0.4, 0.5) is 20.3 Å². The van der Waals surface area contributed by atoms with Crippen LogP contribution < -0.4 is 10.2 Å². The molecule has 7 nitrogen and oxygen atoms in total. The zero-order chi connectivity index (χ0) is 20.6. The Hall–Kier alpha value is -3.10. The summed E-state index contributed by atoms with van der Waals surface area (Å²) < 4.78 is 30.3. The maximum absolute atomic E-state index is 14.7. The summed E-state index contributed by atoms with van der Waals surface area (Å²) in [5.74, 6) is -0.501. The Morgan fingerprint density at radius 3 is 2.86 bits per heavy atom. The highest BCUT2D eigenvalue weighted by Crippen LogP contribution is 2.32. The minimum absolute atomic E-state index is 0.0929. The van der Waals surface area contributed by atoms with Crippen molar-refractivity contribution in [2.24, 2.45) is 0 Å². The van der Waals surface area contributed by atoms with Crippen molar-refractivity contribution in [3.63, 3.8) is 0 Å². The minimum atomic E-state index is -1.19. The fourth-order valence-corrected chi connectivity index (χ4v) is 3.73. The fourth-order valence-electron chi connectivity index (χ4n) is 3.73. The molecule has 9 heteroatoms. The van der Waals surface area contributed by atoms with Gasteiger partial charge in [-0.25, -0.2) is 23.7 Å². The van der Waals surface area contributed by atoms with E-state index in [9.17, 15) is 13.6 Å². The third kappa shape index (κ3) is 3.90. The Kier molecular flexibility index (Phi) is 4.89. The number of anilines is 2. The third-order valence-electron chi connectivity index (χ3n) is 5.08. The molecule has 152 valence electrons. The summed E-state index contributed by atoms with van der Waals surface area (Å²) in [7, 11) is 0. The molecule has 1 unspecified atom stereocenters.